The molecule has 0 heterocycles. The van der Waals surface area contributed by atoms with Crippen LogP contribution in [-0.4, -0.2) is 24.3 Å². The van der Waals surface area contributed by atoms with Crippen molar-refractivity contribution in [1.29, 1.82) is 0 Å². The van der Waals surface area contributed by atoms with E-state index in [1.54, 1.807) is 0 Å². The summed E-state index contributed by atoms with van der Waals surface area (Å²) >= 11 is 0. The SMILES string of the molecule is COc1cc(C(N)CCC(=O)O)c(F)cc1OC(C)C. The van der Waals surface area contributed by atoms with Gasteiger partial charge in [0.25, 0.3) is 0 Å². The van der Waals surface area contributed by atoms with Gasteiger partial charge in [0.2, 0.25) is 0 Å². The van der Waals surface area contributed by atoms with Gasteiger partial charge < -0.3 is 20.3 Å². The molecule has 20 heavy (non-hydrogen) atoms. The third-order valence-electron chi connectivity index (χ3n) is 2.71. The van der Waals surface area contributed by atoms with Crippen LogP contribution in [0.1, 0.15) is 38.3 Å². The minimum atomic E-state index is -0.965. The Balaban J connectivity index is 3.00. The molecular formula is C14H20FNO4. The molecular weight excluding hydrogens is 265 g/mol. The summed E-state index contributed by atoms with van der Waals surface area (Å²) in [5, 5.41) is 8.63. The minimum absolute atomic E-state index is 0.116. The Morgan fingerprint density at radius 3 is 2.55 bits per heavy atom. The number of hydrogen-bond acceptors (Lipinski definition) is 4. The highest BCUT2D eigenvalue weighted by Gasteiger charge is 2.18. The van der Waals surface area contributed by atoms with Gasteiger partial charge in [-0.2, -0.15) is 0 Å². The van der Waals surface area contributed by atoms with Crippen molar-refractivity contribution in [3.05, 3.63) is 23.5 Å². The van der Waals surface area contributed by atoms with E-state index in [-0.39, 0.29) is 24.5 Å². The Morgan fingerprint density at radius 2 is 2.05 bits per heavy atom. The Hall–Kier alpha value is -1.82. The quantitative estimate of drug-likeness (QED) is 0.804. The standard InChI is InChI=1S/C14H20FNO4/c1-8(2)20-13-7-10(15)9(6-12(13)19-3)11(16)4-5-14(17)18/h6-8,11H,4-5,16H2,1-3H3,(H,17,18). The largest absolute Gasteiger partial charge is 0.493 e. The average Bonchev–Trinajstić information content (AvgIpc) is 2.35. The summed E-state index contributed by atoms with van der Waals surface area (Å²) in [6, 6.07) is 1.97. The van der Waals surface area contributed by atoms with E-state index in [0.717, 1.165) is 0 Å². The highest BCUT2D eigenvalue weighted by atomic mass is 19.1. The monoisotopic (exact) mass is 285 g/mol. The summed E-state index contributed by atoms with van der Waals surface area (Å²) in [6.07, 6.45) is -0.0812. The van der Waals surface area contributed by atoms with E-state index in [1.807, 2.05) is 13.8 Å². The topological polar surface area (TPSA) is 81.8 Å². The fourth-order valence-electron chi connectivity index (χ4n) is 1.78. The maximum Gasteiger partial charge on any atom is 0.303 e. The Morgan fingerprint density at radius 1 is 1.40 bits per heavy atom. The van der Waals surface area contributed by atoms with E-state index in [4.69, 9.17) is 20.3 Å². The number of halogens is 1. The van der Waals surface area contributed by atoms with Crippen LogP contribution in [0.4, 0.5) is 4.39 Å². The van der Waals surface area contributed by atoms with Crippen LogP contribution in [0.15, 0.2) is 12.1 Å². The van der Waals surface area contributed by atoms with E-state index < -0.39 is 17.8 Å². The van der Waals surface area contributed by atoms with Crippen LogP contribution in [0, 0.1) is 5.82 Å². The molecule has 0 amide bonds. The van der Waals surface area contributed by atoms with Crippen molar-refractivity contribution >= 4 is 5.97 Å². The molecule has 0 fully saturated rings. The van der Waals surface area contributed by atoms with Gasteiger partial charge in [-0.1, -0.05) is 0 Å². The number of hydrogen-bond donors (Lipinski definition) is 2. The lowest BCUT2D eigenvalue weighted by atomic mass is 10.0. The van der Waals surface area contributed by atoms with Gasteiger partial charge in [-0.25, -0.2) is 4.39 Å². The molecule has 0 aliphatic rings. The molecule has 0 saturated carbocycles. The molecule has 112 valence electrons. The molecule has 1 aromatic rings. The predicted molar refractivity (Wildman–Crippen MR) is 72.5 cm³/mol. The first kappa shape index (κ1) is 16.2. The maximum absolute atomic E-state index is 14.0. The van der Waals surface area contributed by atoms with E-state index in [9.17, 15) is 9.18 Å². The zero-order chi connectivity index (χ0) is 15.3. The third-order valence-corrected chi connectivity index (χ3v) is 2.71. The fourth-order valence-corrected chi connectivity index (χ4v) is 1.78. The maximum atomic E-state index is 14.0. The zero-order valence-electron chi connectivity index (χ0n) is 11.9. The zero-order valence-corrected chi connectivity index (χ0v) is 11.9. The van der Waals surface area contributed by atoms with Gasteiger partial charge in [-0.05, 0) is 26.3 Å². The van der Waals surface area contributed by atoms with Crippen molar-refractivity contribution in [2.45, 2.75) is 38.8 Å². The molecule has 0 aromatic heterocycles. The van der Waals surface area contributed by atoms with Crippen molar-refractivity contribution in [3.8, 4) is 11.5 Å². The molecule has 0 radical (unpaired) electrons. The van der Waals surface area contributed by atoms with Crippen LogP contribution in [0.5, 0.6) is 11.5 Å². The number of rotatable bonds is 7. The smallest absolute Gasteiger partial charge is 0.303 e. The Bertz CT molecular complexity index is 476. The summed E-state index contributed by atoms with van der Waals surface area (Å²) in [4.78, 5) is 10.5. The second-order valence-corrected chi connectivity index (χ2v) is 4.73. The van der Waals surface area contributed by atoms with E-state index >= 15 is 0 Å². The lowest BCUT2D eigenvalue weighted by molar-refractivity contribution is -0.137. The third kappa shape index (κ3) is 4.38. The van der Waals surface area contributed by atoms with Crippen LogP contribution in [-0.2, 0) is 4.79 Å². The summed E-state index contributed by atoms with van der Waals surface area (Å²) in [6.45, 7) is 3.65. The summed E-state index contributed by atoms with van der Waals surface area (Å²) < 4.78 is 24.6. The van der Waals surface area contributed by atoms with E-state index in [1.165, 1.54) is 19.2 Å². The highest BCUT2D eigenvalue weighted by Crippen LogP contribution is 2.33. The highest BCUT2D eigenvalue weighted by molar-refractivity contribution is 5.66. The Kier molecular flexibility index (Phi) is 5.76. The molecule has 0 spiro atoms. The molecule has 0 bridgehead atoms. The first-order valence-electron chi connectivity index (χ1n) is 6.36. The van der Waals surface area contributed by atoms with Gasteiger partial charge in [0.1, 0.15) is 5.82 Å². The van der Waals surface area contributed by atoms with Gasteiger partial charge in [0, 0.05) is 24.1 Å². The molecule has 0 aliphatic carbocycles. The number of carboxylic acid groups (broad SMARTS) is 1. The van der Waals surface area contributed by atoms with Crippen LogP contribution in [0.2, 0.25) is 0 Å². The van der Waals surface area contributed by atoms with Crippen molar-refractivity contribution in [3.63, 3.8) is 0 Å². The molecule has 0 aliphatic heterocycles. The molecule has 5 nitrogen and oxygen atoms in total. The number of benzene rings is 1. The molecule has 1 atom stereocenters. The molecule has 1 rings (SSSR count). The van der Waals surface area contributed by atoms with E-state index in [2.05, 4.69) is 0 Å². The second kappa shape index (κ2) is 7.09. The summed E-state index contributed by atoms with van der Waals surface area (Å²) in [7, 11) is 1.45. The van der Waals surface area contributed by atoms with Crippen LogP contribution >= 0.6 is 0 Å². The molecule has 1 aromatic carbocycles. The molecule has 1 unspecified atom stereocenters. The lowest BCUT2D eigenvalue weighted by Gasteiger charge is -2.18. The molecule has 6 heteroatoms. The number of nitrogens with two attached hydrogens (primary N) is 1. The van der Waals surface area contributed by atoms with Crippen molar-refractivity contribution in [2.24, 2.45) is 5.73 Å². The first-order valence-corrected chi connectivity index (χ1v) is 6.36. The van der Waals surface area contributed by atoms with Gasteiger partial charge in [-0.3, -0.25) is 4.79 Å². The number of methoxy groups -OCH3 is 1. The van der Waals surface area contributed by atoms with Crippen LogP contribution in [0.3, 0.4) is 0 Å². The number of aliphatic carboxylic acids is 1. The van der Waals surface area contributed by atoms with Crippen molar-refractivity contribution < 1.29 is 23.8 Å². The fraction of sp³-hybridized carbons (Fsp3) is 0.500. The van der Waals surface area contributed by atoms with Gasteiger partial charge >= 0.3 is 5.97 Å². The predicted octanol–water partition coefficient (Wildman–Crippen LogP) is 2.49. The number of carboxylic acids is 1. The normalized spacial score (nSPS) is 12.3. The summed E-state index contributed by atoms with van der Waals surface area (Å²) in [5.41, 5.74) is 6.04. The van der Waals surface area contributed by atoms with E-state index in [0.29, 0.717) is 11.5 Å². The molecule has 0 saturated heterocycles. The first-order chi connectivity index (χ1) is 9.35. The van der Waals surface area contributed by atoms with Crippen LogP contribution in [0.25, 0.3) is 0 Å². The van der Waals surface area contributed by atoms with Gasteiger partial charge in [-0.15, -0.1) is 0 Å². The summed E-state index contributed by atoms with van der Waals surface area (Å²) in [5.74, 6) is -0.818. The van der Waals surface area contributed by atoms with Gasteiger partial charge in [0.05, 0.1) is 13.2 Å². The average molecular weight is 285 g/mol. The van der Waals surface area contributed by atoms with Crippen LogP contribution < -0.4 is 15.2 Å². The van der Waals surface area contributed by atoms with Gasteiger partial charge in [0.15, 0.2) is 11.5 Å². The number of carbonyl (C=O) groups is 1. The minimum Gasteiger partial charge on any atom is -0.493 e. The van der Waals surface area contributed by atoms with Crippen molar-refractivity contribution in [1.82, 2.24) is 0 Å². The Labute approximate surface area is 117 Å². The molecule has 3 N–H and O–H groups in total. The lowest BCUT2D eigenvalue weighted by Crippen LogP contribution is -2.15. The van der Waals surface area contributed by atoms with Crippen molar-refractivity contribution in [2.75, 3.05) is 7.11 Å². The number of ether oxygens (including phenoxy) is 2. The second-order valence-electron chi connectivity index (χ2n) is 4.73.